The van der Waals surface area contributed by atoms with Gasteiger partial charge in [0, 0.05) is 34.8 Å². The van der Waals surface area contributed by atoms with Gasteiger partial charge in [-0.2, -0.15) is 24.1 Å². The molecule has 0 atom stereocenters. The fourth-order valence-electron chi connectivity index (χ4n) is 3.78. The first-order chi connectivity index (χ1) is 16.8. The van der Waals surface area contributed by atoms with E-state index in [1.54, 1.807) is 36.4 Å². The number of nitrogens with two attached hydrogens (primary N) is 1. The summed E-state index contributed by atoms with van der Waals surface area (Å²) in [5.74, 6) is 4.63. The van der Waals surface area contributed by atoms with Crippen LogP contribution in [-0.2, 0) is 22.4 Å². The molecule has 0 aliphatic carbocycles. The number of aryl methyl sites for hydroxylation is 1. The molecule has 3 heterocycles. The van der Waals surface area contributed by atoms with Crippen molar-refractivity contribution >= 4 is 28.2 Å². The first kappa shape index (κ1) is 22.8. The molecule has 0 saturated heterocycles. The Balaban J connectivity index is 1.45. The Hall–Kier alpha value is -3.96. The Morgan fingerprint density at radius 2 is 1.89 bits per heavy atom. The molecule has 0 aliphatic rings. The lowest BCUT2D eigenvalue weighted by molar-refractivity contribution is -0.144. The third kappa shape index (κ3) is 4.55. The van der Waals surface area contributed by atoms with Crippen LogP contribution in [-0.4, -0.2) is 20.7 Å². The maximum Gasteiger partial charge on any atom is 0.426 e. The largest absolute Gasteiger partial charge is 0.426 e. The van der Waals surface area contributed by atoms with E-state index in [0.29, 0.717) is 29.0 Å². The first-order valence-electron chi connectivity index (χ1n) is 10.4. The zero-order valence-electron chi connectivity index (χ0n) is 18.0. The third-order valence-electron chi connectivity index (χ3n) is 5.43. The Morgan fingerprint density at radius 3 is 2.63 bits per heavy atom. The van der Waals surface area contributed by atoms with Gasteiger partial charge in [-0.15, -0.1) is 11.3 Å². The van der Waals surface area contributed by atoms with E-state index in [4.69, 9.17) is 10.4 Å². The number of hydrogen-bond acceptors (Lipinski definition) is 7. The van der Waals surface area contributed by atoms with Gasteiger partial charge < -0.3 is 13.9 Å². The van der Waals surface area contributed by atoms with Gasteiger partial charge in [0.2, 0.25) is 5.82 Å². The standard InChI is InChI=1S/C24H17F3N4O3S/c25-24(26,27)21-17(14-4-2-1-3-5-14)13-19(35-21)23-29-22(30-34-23)16-6-7-18-15(12-16)8-10-31(18)11-9-20(32)33-28/h1-8,10,12-13H,9,11,28H2. The number of thiophene rings is 1. The predicted octanol–water partition coefficient (Wildman–Crippen LogP) is 5.91. The zero-order chi connectivity index (χ0) is 24.6. The van der Waals surface area contributed by atoms with E-state index in [1.807, 2.05) is 29.0 Å². The van der Waals surface area contributed by atoms with Crippen molar-refractivity contribution in [2.24, 2.45) is 5.90 Å². The van der Waals surface area contributed by atoms with Crippen LogP contribution in [0.15, 0.2) is 71.4 Å². The Labute approximate surface area is 200 Å². The molecule has 2 aromatic carbocycles. The smallest absolute Gasteiger partial charge is 0.373 e. The topological polar surface area (TPSA) is 96.2 Å². The maximum atomic E-state index is 13.7. The van der Waals surface area contributed by atoms with Crippen molar-refractivity contribution in [3.05, 3.63) is 71.7 Å². The van der Waals surface area contributed by atoms with Crippen molar-refractivity contribution < 1.29 is 27.3 Å². The SMILES string of the molecule is NOC(=O)CCn1ccc2cc(-c3noc(-c4cc(-c5ccccc5)c(C(F)(F)F)s4)n3)ccc21. The van der Waals surface area contributed by atoms with Crippen molar-refractivity contribution in [2.75, 3.05) is 0 Å². The molecule has 11 heteroatoms. The molecule has 5 aromatic rings. The highest BCUT2D eigenvalue weighted by Gasteiger charge is 2.37. The molecule has 7 nitrogen and oxygen atoms in total. The number of hydrogen-bond donors (Lipinski definition) is 1. The van der Waals surface area contributed by atoms with E-state index >= 15 is 0 Å². The molecule has 0 radical (unpaired) electrons. The minimum absolute atomic E-state index is 0.00986. The van der Waals surface area contributed by atoms with Crippen molar-refractivity contribution in [2.45, 2.75) is 19.1 Å². The molecular weight excluding hydrogens is 481 g/mol. The van der Waals surface area contributed by atoms with E-state index < -0.39 is 17.0 Å². The van der Waals surface area contributed by atoms with Crippen molar-refractivity contribution in [1.82, 2.24) is 14.7 Å². The average molecular weight is 498 g/mol. The highest BCUT2D eigenvalue weighted by molar-refractivity contribution is 7.16. The number of rotatable bonds is 6. The number of halogens is 3. The van der Waals surface area contributed by atoms with Gasteiger partial charge in [0.25, 0.3) is 5.89 Å². The number of alkyl halides is 3. The summed E-state index contributed by atoms with van der Waals surface area (Å²) in [7, 11) is 0. The van der Waals surface area contributed by atoms with E-state index in [0.717, 1.165) is 10.9 Å². The number of aromatic nitrogens is 3. The maximum absolute atomic E-state index is 13.7. The molecule has 178 valence electrons. The second kappa shape index (κ2) is 9.01. The van der Waals surface area contributed by atoms with Gasteiger partial charge in [0.15, 0.2) is 0 Å². The summed E-state index contributed by atoms with van der Waals surface area (Å²) in [5, 5.41) is 4.85. The number of fused-ring (bicyclic) bond motifs is 1. The van der Waals surface area contributed by atoms with Gasteiger partial charge in [0.05, 0.1) is 11.3 Å². The third-order valence-corrected chi connectivity index (χ3v) is 6.60. The molecule has 0 unspecified atom stereocenters. The minimum atomic E-state index is -4.52. The molecule has 35 heavy (non-hydrogen) atoms. The van der Waals surface area contributed by atoms with Gasteiger partial charge in [-0.25, -0.2) is 0 Å². The fourth-order valence-corrected chi connectivity index (χ4v) is 4.75. The second-order valence-electron chi connectivity index (χ2n) is 7.66. The average Bonchev–Trinajstić information content (AvgIpc) is 3.60. The molecule has 0 aliphatic heterocycles. The Kier molecular flexibility index (Phi) is 5.87. The Bertz CT molecular complexity index is 1510. The highest BCUT2D eigenvalue weighted by atomic mass is 32.1. The lowest BCUT2D eigenvalue weighted by Crippen LogP contribution is -2.12. The van der Waals surface area contributed by atoms with Gasteiger partial charge in [-0.1, -0.05) is 35.5 Å². The van der Waals surface area contributed by atoms with Crippen molar-refractivity contribution in [3.63, 3.8) is 0 Å². The summed E-state index contributed by atoms with van der Waals surface area (Å²) in [6, 6.07) is 17.1. The van der Waals surface area contributed by atoms with Gasteiger partial charge in [-0.05, 0) is 35.9 Å². The number of benzene rings is 2. The van der Waals surface area contributed by atoms with Gasteiger partial charge >= 0.3 is 12.1 Å². The van der Waals surface area contributed by atoms with E-state index in [9.17, 15) is 18.0 Å². The molecule has 0 fully saturated rings. The number of carbonyl (C=O) groups is 1. The summed E-state index contributed by atoms with van der Waals surface area (Å²) in [5.41, 5.74) is 2.04. The predicted molar refractivity (Wildman–Crippen MR) is 124 cm³/mol. The summed E-state index contributed by atoms with van der Waals surface area (Å²) < 4.78 is 48.4. The molecule has 0 spiro atoms. The lowest BCUT2D eigenvalue weighted by atomic mass is 10.1. The van der Waals surface area contributed by atoms with Gasteiger partial charge in [-0.3, -0.25) is 4.79 Å². The monoisotopic (exact) mass is 498 g/mol. The quantitative estimate of drug-likeness (QED) is 0.292. The molecule has 0 amide bonds. The summed E-state index contributed by atoms with van der Waals surface area (Å²) >= 11 is 0.567. The number of nitrogens with zero attached hydrogens (tertiary/aromatic N) is 3. The first-order valence-corrected chi connectivity index (χ1v) is 11.2. The van der Waals surface area contributed by atoms with Crippen LogP contribution in [0.5, 0.6) is 0 Å². The van der Waals surface area contributed by atoms with Gasteiger partial charge in [0.1, 0.15) is 4.88 Å². The summed E-state index contributed by atoms with van der Waals surface area (Å²) in [6.45, 7) is 0.398. The van der Waals surface area contributed by atoms with Crippen LogP contribution >= 0.6 is 11.3 Å². The lowest BCUT2D eigenvalue weighted by Gasteiger charge is -2.07. The molecule has 0 saturated carbocycles. The molecule has 3 aromatic heterocycles. The highest BCUT2D eigenvalue weighted by Crippen LogP contribution is 2.45. The van der Waals surface area contributed by atoms with E-state index in [-0.39, 0.29) is 28.6 Å². The van der Waals surface area contributed by atoms with E-state index in [2.05, 4.69) is 15.0 Å². The number of carbonyl (C=O) groups excluding carboxylic acids is 1. The van der Waals surface area contributed by atoms with Crippen LogP contribution in [0.2, 0.25) is 0 Å². The zero-order valence-corrected chi connectivity index (χ0v) is 18.8. The summed E-state index contributed by atoms with van der Waals surface area (Å²) in [6.07, 6.45) is -2.56. The Morgan fingerprint density at radius 1 is 1.09 bits per heavy atom. The van der Waals surface area contributed by atoms with Crippen LogP contribution in [0.25, 0.3) is 44.2 Å². The molecule has 5 rings (SSSR count). The minimum Gasteiger partial charge on any atom is -0.373 e. The summed E-state index contributed by atoms with van der Waals surface area (Å²) in [4.78, 5) is 19.4. The molecule has 0 bridgehead atoms. The van der Waals surface area contributed by atoms with Crippen LogP contribution in [0.3, 0.4) is 0 Å². The van der Waals surface area contributed by atoms with Crippen molar-refractivity contribution in [3.8, 4) is 33.3 Å². The van der Waals surface area contributed by atoms with Crippen LogP contribution in [0, 0.1) is 0 Å². The van der Waals surface area contributed by atoms with E-state index in [1.165, 1.54) is 6.07 Å². The molecular formula is C24H17F3N4O3S. The van der Waals surface area contributed by atoms with Crippen LogP contribution in [0.4, 0.5) is 13.2 Å². The van der Waals surface area contributed by atoms with Crippen LogP contribution in [0.1, 0.15) is 11.3 Å². The second-order valence-corrected chi connectivity index (χ2v) is 8.72. The van der Waals surface area contributed by atoms with Crippen molar-refractivity contribution in [1.29, 1.82) is 0 Å². The van der Waals surface area contributed by atoms with Crippen LogP contribution < -0.4 is 5.90 Å². The normalized spacial score (nSPS) is 11.8. The fraction of sp³-hybridized carbons (Fsp3) is 0.125. The molecule has 2 N–H and O–H groups in total.